The van der Waals surface area contributed by atoms with Crippen LogP contribution in [0.4, 0.5) is 11.4 Å². The average molecular weight is 688 g/mol. The molecule has 11 heteroatoms. The number of nitriles is 1. The minimum atomic E-state index is -0.415. The third-order valence-corrected chi connectivity index (χ3v) is 7.62. The fourth-order valence-electron chi connectivity index (χ4n) is 3.91. The van der Waals surface area contributed by atoms with Crippen molar-refractivity contribution in [2.45, 2.75) is 99.1 Å². The summed E-state index contributed by atoms with van der Waals surface area (Å²) in [5, 5.41) is 19.2. The number of carbonyl (C=O) groups excluding carboxylic acids is 3. The number of terminal acetylenes is 1. The van der Waals surface area contributed by atoms with Crippen molar-refractivity contribution in [2.75, 3.05) is 63.7 Å². The molecule has 4 N–H and O–H groups in total. The van der Waals surface area contributed by atoms with Crippen LogP contribution < -0.4 is 21.3 Å². The van der Waals surface area contributed by atoms with Gasteiger partial charge in [-0.3, -0.25) is 14.4 Å². The highest BCUT2D eigenvalue weighted by Gasteiger charge is 2.21. The lowest BCUT2D eigenvalue weighted by molar-refractivity contribution is -0.117. The number of amides is 3. The van der Waals surface area contributed by atoms with Crippen LogP contribution in [0.5, 0.6) is 0 Å². The van der Waals surface area contributed by atoms with E-state index in [-0.39, 0.29) is 17.9 Å². The van der Waals surface area contributed by atoms with Crippen LogP contribution in [0.15, 0.2) is 35.2 Å². The van der Waals surface area contributed by atoms with Gasteiger partial charge in [-0.05, 0) is 63.4 Å². The molecule has 0 aromatic heterocycles. The second kappa shape index (κ2) is 32.1. The van der Waals surface area contributed by atoms with Crippen LogP contribution in [0.1, 0.15) is 87.5 Å². The summed E-state index contributed by atoms with van der Waals surface area (Å²) in [4.78, 5) is 39.4. The van der Waals surface area contributed by atoms with Crippen molar-refractivity contribution in [1.82, 2.24) is 20.4 Å². The van der Waals surface area contributed by atoms with Crippen molar-refractivity contribution in [2.24, 2.45) is 0 Å². The van der Waals surface area contributed by atoms with Crippen LogP contribution in [0.25, 0.3) is 0 Å². The lowest BCUT2D eigenvalue weighted by atomic mass is 9.94. The predicted octanol–water partition coefficient (Wildman–Crippen LogP) is 6.34. The van der Waals surface area contributed by atoms with Gasteiger partial charge in [0.05, 0.1) is 16.5 Å². The second-order valence-corrected chi connectivity index (χ2v) is 11.5. The molecule has 0 aliphatic carbocycles. The molecule has 1 atom stereocenters. The number of benzene rings is 1. The quantitative estimate of drug-likeness (QED) is 0.107. The van der Waals surface area contributed by atoms with Gasteiger partial charge in [0.15, 0.2) is 0 Å². The number of piperazine rings is 1. The molecule has 1 unspecified atom stereocenters. The summed E-state index contributed by atoms with van der Waals surface area (Å²) in [5.41, 5.74) is 1.31. The maximum Gasteiger partial charge on any atom is 0.257 e. The topological polar surface area (TPSA) is 130 Å². The molecule has 1 aromatic carbocycles. The van der Waals surface area contributed by atoms with E-state index >= 15 is 0 Å². The molecule has 0 radical (unpaired) electrons. The Bertz CT molecular complexity index is 1090. The maximum atomic E-state index is 12.2. The Morgan fingerprint density at radius 3 is 1.92 bits per heavy atom. The van der Waals surface area contributed by atoms with Crippen LogP contribution in [0.3, 0.4) is 0 Å². The van der Waals surface area contributed by atoms with Gasteiger partial charge in [0.1, 0.15) is 0 Å². The molecule has 1 fully saturated rings. The lowest BCUT2D eigenvalue weighted by Gasteiger charge is -2.32. The smallest absolute Gasteiger partial charge is 0.257 e. The fraction of sp³-hybridized carbons (Fsp3) is 0.622. The summed E-state index contributed by atoms with van der Waals surface area (Å²) >= 11 is 1.42. The molecule has 1 aromatic rings. The van der Waals surface area contributed by atoms with Gasteiger partial charge in [0, 0.05) is 70.0 Å². The van der Waals surface area contributed by atoms with Crippen LogP contribution in [0.2, 0.25) is 0 Å². The predicted molar refractivity (Wildman–Crippen MR) is 207 cm³/mol. The Morgan fingerprint density at radius 1 is 1.04 bits per heavy atom. The first-order chi connectivity index (χ1) is 23.0. The molecule has 1 aliphatic heterocycles. The zero-order valence-corrected chi connectivity index (χ0v) is 32.5. The van der Waals surface area contributed by atoms with Gasteiger partial charge in [-0.25, -0.2) is 0 Å². The van der Waals surface area contributed by atoms with Crippen molar-refractivity contribution in [3.05, 3.63) is 35.2 Å². The molecule has 1 aliphatic rings. The molecule has 0 bridgehead atoms. The molecule has 3 amide bonds. The van der Waals surface area contributed by atoms with Gasteiger partial charge in [-0.15, -0.1) is 18.2 Å². The minimum absolute atomic E-state index is 0.00113. The van der Waals surface area contributed by atoms with E-state index < -0.39 is 5.54 Å². The molecule has 272 valence electrons. The molecule has 48 heavy (non-hydrogen) atoms. The number of nitrogens with one attached hydrogen (secondary N) is 4. The Kier molecular flexibility index (Phi) is 32.6. The molecule has 10 nitrogen and oxygen atoms in total. The molecule has 2 rings (SSSR count). The second-order valence-electron chi connectivity index (χ2n) is 10.7. The largest absolute Gasteiger partial charge is 0.379 e. The summed E-state index contributed by atoms with van der Waals surface area (Å²) in [5.74, 6) is 2.53. The maximum absolute atomic E-state index is 12.2. The Morgan fingerprint density at radius 2 is 1.54 bits per heavy atom. The fourth-order valence-corrected chi connectivity index (χ4v) is 4.54. The normalized spacial score (nSPS) is 13.2. The molecular formula is C37H65N7O3S. The van der Waals surface area contributed by atoms with Crippen molar-refractivity contribution in [1.29, 1.82) is 5.26 Å². The van der Waals surface area contributed by atoms with Gasteiger partial charge in [-0.1, -0.05) is 60.8 Å². The van der Waals surface area contributed by atoms with E-state index in [0.717, 1.165) is 56.9 Å². The van der Waals surface area contributed by atoms with E-state index in [0.29, 0.717) is 24.2 Å². The molecular weight excluding hydrogens is 623 g/mol. The molecule has 0 spiro atoms. The number of likely N-dealkylation sites (N-methyl/N-ethyl adjacent to an activating group) is 2. The Labute approximate surface area is 297 Å². The number of anilines is 2. The summed E-state index contributed by atoms with van der Waals surface area (Å²) in [6.45, 7) is 20.9. The average Bonchev–Trinajstić information content (AvgIpc) is 3.11. The Balaban J connectivity index is -0.000000878. The summed E-state index contributed by atoms with van der Waals surface area (Å²) < 4.78 is 0. The first-order valence-electron chi connectivity index (χ1n) is 17.1. The number of rotatable bonds is 13. The first kappa shape index (κ1) is 48.9. The van der Waals surface area contributed by atoms with Crippen LogP contribution in [-0.4, -0.2) is 92.7 Å². The third-order valence-electron chi connectivity index (χ3n) is 6.86. The molecule has 1 saturated heterocycles. The van der Waals surface area contributed by atoms with Gasteiger partial charge in [0.2, 0.25) is 12.3 Å². The van der Waals surface area contributed by atoms with E-state index in [1.54, 1.807) is 7.05 Å². The highest BCUT2D eigenvalue weighted by Crippen LogP contribution is 2.18. The van der Waals surface area contributed by atoms with Gasteiger partial charge >= 0.3 is 0 Å². The van der Waals surface area contributed by atoms with E-state index in [9.17, 15) is 14.4 Å². The van der Waals surface area contributed by atoms with Crippen LogP contribution in [-0.2, 0) is 14.4 Å². The molecule has 0 saturated carbocycles. The number of nitrogens with zero attached hydrogens (tertiary/aromatic N) is 3. The lowest BCUT2D eigenvalue weighted by Crippen LogP contribution is -2.45. The summed E-state index contributed by atoms with van der Waals surface area (Å²) in [7, 11) is 3.76. The Hall–Kier alpha value is -3.51. The van der Waals surface area contributed by atoms with E-state index in [2.05, 4.69) is 57.9 Å². The zero-order valence-electron chi connectivity index (χ0n) is 31.7. The highest BCUT2D eigenvalue weighted by molar-refractivity contribution is 8.03. The monoisotopic (exact) mass is 687 g/mol. The van der Waals surface area contributed by atoms with Gasteiger partial charge in [0.25, 0.3) is 5.91 Å². The summed E-state index contributed by atoms with van der Waals surface area (Å²) in [6.07, 6.45) is 13.6. The number of hydrogen-bond acceptors (Lipinski definition) is 8. The van der Waals surface area contributed by atoms with Crippen molar-refractivity contribution in [3.63, 3.8) is 0 Å². The van der Waals surface area contributed by atoms with Gasteiger partial charge < -0.3 is 31.1 Å². The zero-order chi connectivity index (χ0) is 37.4. The van der Waals surface area contributed by atoms with Crippen LogP contribution in [0, 0.1) is 23.7 Å². The van der Waals surface area contributed by atoms with Crippen LogP contribution >= 0.6 is 11.8 Å². The highest BCUT2D eigenvalue weighted by atomic mass is 32.2. The van der Waals surface area contributed by atoms with E-state index in [4.69, 9.17) is 11.7 Å². The van der Waals surface area contributed by atoms with Crippen molar-refractivity contribution >= 4 is 41.4 Å². The van der Waals surface area contributed by atoms with E-state index in [1.807, 2.05) is 84.2 Å². The summed E-state index contributed by atoms with van der Waals surface area (Å²) in [6, 6.07) is 9.57. The van der Waals surface area contributed by atoms with Crippen molar-refractivity contribution in [3.8, 4) is 18.4 Å². The molecule has 1 heterocycles. The first-order valence-corrected chi connectivity index (χ1v) is 18.3. The SMILES string of the molecule is C#CC(CC)(CC)NC=O.CC.CCC.CCC#N.CNC(=O)C(=CC(C)Nc1ccc(NC(=O)CCN2CCN(C)CC2)cc1)SC. The minimum Gasteiger partial charge on any atom is -0.379 e. The van der Waals surface area contributed by atoms with Crippen molar-refractivity contribution < 1.29 is 14.4 Å². The number of thioether (sulfide) groups is 1. The number of hydrogen-bond donors (Lipinski definition) is 4. The van der Waals surface area contributed by atoms with E-state index in [1.165, 1.54) is 18.2 Å². The van der Waals surface area contributed by atoms with Gasteiger partial charge in [-0.2, -0.15) is 5.26 Å². The third kappa shape index (κ3) is 23.8. The standard InChI is InChI=1S/C21H33N5O2S.C8H13NO.C3H5N.C3H8.C2H6/c1-16(15-19(29-4)21(28)22-2)23-17-5-7-18(8-6-17)24-20(27)9-10-26-13-11-25(3)12-14-26;1-4-8(5-2,6-3)9-7-10;1-2-3-4;1-3-2;1-2/h5-8,15-16,23H,9-14H2,1-4H3,(H,22,28)(H,24,27);1,7H,5-6H2,2-3H3,(H,9,10);2H2,1H3;3H2,1-2H3;1-2H3. The number of carbonyl (C=O) groups is 3.